The van der Waals surface area contributed by atoms with Crippen LogP contribution in [0.2, 0.25) is 0 Å². The van der Waals surface area contributed by atoms with Gasteiger partial charge in [-0.1, -0.05) is 20.8 Å². The largest absolute Gasteiger partial charge is 0.489 e. The summed E-state index contributed by atoms with van der Waals surface area (Å²) in [6.45, 7) is 7.04. The molecule has 0 radical (unpaired) electrons. The van der Waals surface area contributed by atoms with Gasteiger partial charge in [0.2, 0.25) is 5.91 Å². The van der Waals surface area contributed by atoms with Crippen molar-refractivity contribution in [1.29, 1.82) is 0 Å². The molecule has 9 heteroatoms. The molecule has 0 atom stereocenters. The molecule has 0 heterocycles. The fourth-order valence-electron chi connectivity index (χ4n) is 1.76. The van der Waals surface area contributed by atoms with E-state index in [2.05, 4.69) is 5.32 Å². The average molecular weight is 362 g/mol. The van der Waals surface area contributed by atoms with E-state index in [1.807, 2.05) is 20.8 Å². The predicted molar refractivity (Wildman–Crippen MR) is 87.9 cm³/mol. The molecule has 24 heavy (non-hydrogen) atoms. The van der Waals surface area contributed by atoms with Gasteiger partial charge in [-0.25, -0.2) is 17.5 Å². The lowest BCUT2D eigenvalue weighted by Crippen LogP contribution is -2.29. The van der Waals surface area contributed by atoms with Gasteiger partial charge in [0.1, 0.15) is 23.1 Å². The van der Waals surface area contributed by atoms with Gasteiger partial charge in [0.25, 0.3) is 10.0 Å². The molecule has 1 aromatic carbocycles. The quantitative estimate of drug-likeness (QED) is 0.679. The number of rotatable bonds is 7. The monoisotopic (exact) mass is 362 g/mol. The highest BCUT2D eigenvalue weighted by atomic mass is 32.2. The molecular formula is C15H23FN2O5S. The minimum atomic E-state index is -4.34. The van der Waals surface area contributed by atoms with Crippen LogP contribution in [0.1, 0.15) is 27.7 Å². The Morgan fingerprint density at radius 2 is 1.96 bits per heavy atom. The summed E-state index contributed by atoms with van der Waals surface area (Å²) in [6, 6.07) is 1.98. The van der Waals surface area contributed by atoms with E-state index in [4.69, 9.17) is 9.84 Å². The minimum absolute atomic E-state index is 0.0682. The maximum atomic E-state index is 14.2. The second-order valence-electron chi connectivity index (χ2n) is 6.43. The number of hydrogen-bond acceptors (Lipinski definition) is 6. The molecule has 0 aliphatic carbocycles. The summed E-state index contributed by atoms with van der Waals surface area (Å²) in [5.41, 5.74) is 0.156. The number of anilines is 1. The Balaban J connectivity index is 3.28. The Labute approximate surface area is 141 Å². The number of carbonyl (C=O) groups excluding carboxylic acids is 1. The van der Waals surface area contributed by atoms with Crippen molar-refractivity contribution >= 4 is 21.6 Å². The third-order valence-corrected chi connectivity index (χ3v) is 4.21. The second kappa shape index (κ2) is 7.80. The van der Waals surface area contributed by atoms with E-state index < -0.39 is 26.6 Å². The first-order valence-corrected chi connectivity index (χ1v) is 8.79. The number of aliphatic hydroxyl groups is 1. The number of carbonyl (C=O) groups is 1. The third kappa shape index (κ3) is 5.97. The summed E-state index contributed by atoms with van der Waals surface area (Å²) in [4.78, 5) is 10.3. The smallest absolute Gasteiger partial charge is 0.267 e. The van der Waals surface area contributed by atoms with Crippen LogP contribution in [-0.4, -0.2) is 39.2 Å². The molecule has 0 saturated heterocycles. The standard InChI is InChI=1S/C15H23FN2O5S/c1-10(20)18-24(21,22)14-8-13(23-6-5-19)12(7-11(14)16)17-9-15(2,3)4/h7-8,17,19H,5-6,9H2,1-4H3,(H,18,20). The highest BCUT2D eigenvalue weighted by Crippen LogP contribution is 2.31. The highest BCUT2D eigenvalue weighted by Gasteiger charge is 2.24. The number of halogens is 1. The first-order chi connectivity index (χ1) is 11.0. The van der Waals surface area contributed by atoms with Crippen LogP contribution in [-0.2, 0) is 14.8 Å². The lowest BCUT2D eigenvalue weighted by atomic mass is 9.97. The molecule has 0 aliphatic rings. The van der Waals surface area contributed by atoms with Crippen molar-refractivity contribution in [3.05, 3.63) is 17.9 Å². The van der Waals surface area contributed by atoms with E-state index in [9.17, 15) is 17.6 Å². The van der Waals surface area contributed by atoms with E-state index >= 15 is 0 Å². The van der Waals surface area contributed by atoms with Crippen LogP contribution in [0.5, 0.6) is 5.75 Å². The molecule has 7 nitrogen and oxygen atoms in total. The number of aliphatic hydroxyl groups excluding tert-OH is 1. The van der Waals surface area contributed by atoms with Gasteiger partial charge < -0.3 is 15.2 Å². The van der Waals surface area contributed by atoms with E-state index in [0.29, 0.717) is 6.54 Å². The van der Waals surface area contributed by atoms with Gasteiger partial charge in [-0.2, -0.15) is 0 Å². The number of hydrogen-bond donors (Lipinski definition) is 3. The van der Waals surface area contributed by atoms with Gasteiger partial charge in [0.05, 0.1) is 12.3 Å². The zero-order chi connectivity index (χ0) is 18.5. The predicted octanol–water partition coefficient (Wildman–Crippen LogP) is 1.48. The van der Waals surface area contributed by atoms with Crippen molar-refractivity contribution in [3.63, 3.8) is 0 Å². The Morgan fingerprint density at radius 3 is 2.46 bits per heavy atom. The molecule has 1 aromatic rings. The van der Waals surface area contributed by atoms with Gasteiger partial charge in [0, 0.05) is 25.6 Å². The van der Waals surface area contributed by atoms with E-state index in [0.717, 1.165) is 19.1 Å². The summed E-state index contributed by atoms with van der Waals surface area (Å²) >= 11 is 0. The first kappa shape index (κ1) is 20.2. The summed E-state index contributed by atoms with van der Waals surface area (Å²) < 4.78 is 45.3. The zero-order valence-corrected chi connectivity index (χ0v) is 15.0. The van der Waals surface area contributed by atoms with Crippen LogP contribution >= 0.6 is 0 Å². The first-order valence-electron chi connectivity index (χ1n) is 7.31. The maximum absolute atomic E-state index is 14.2. The molecule has 0 bridgehead atoms. The number of sulfonamides is 1. The molecule has 3 N–H and O–H groups in total. The van der Waals surface area contributed by atoms with Gasteiger partial charge in [-0.3, -0.25) is 4.79 Å². The number of benzene rings is 1. The summed E-state index contributed by atoms with van der Waals surface area (Å²) in [5, 5.41) is 11.9. The number of ether oxygens (including phenoxy) is 1. The fourth-order valence-corrected chi connectivity index (χ4v) is 2.82. The second-order valence-corrected chi connectivity index (χ2v) is 8.08. The van der Waals surface area contributed by atoms with Crippen LogP contribution in [0.25, 0.3) is 0 Å². The molecule has 136 valence electrons. The number of amides is 1. The normalized spacial score (nSPS) is 11.9. The Morgan fingerprint density at radius 1 is 1.33 bits per heavy atom. The SMILES string of the molecule is CC(=O)NS(=O)(=O)c1cc(OCCO)c(NCC(C)(C)C)cc1F. The van der Waals surface area contributed by atoms with Crippen molar-refractivity contribution in [2.24, 2.45) is 5.41 Å². The Hall–Kier alpha value is -1.87. The van der Waals surface area contributed by atoms with Crippen molar-refractivity contribution in [1.82, 2.24) is 4.72 Å². The van der Waals surface area contributed by atoms with E-state index in [-0.39, 0.29) is 30.1 Å². The van der Waals surface area contributed by atoms with Crippen LogP contribution in [0.4, 0.5) is 10.1 Å². The molecule has 0 spiro atoms. The van der Waals surface area contributed by atoms with Gasteiger partial charge >= 0.3 is 0 Å². The molecule has 0 aromatic heterocycles. The van der Waals surface area contributed by atoms with Crippen LogP contribution in [0.3, 0.4) is 0 Å². The molecule has 1 amide bonds. The summed E-state index contributed by atoms with van der Waals surface area (Å²) in [6.07, 6.45) is 0. The number of nitrogens with one attached hydrogen (secondary N) is 2. The molecular weight excluding hydrogens is 339 g/mol. The average Bonchev–Trinajstić information content (AvgIpc) is 2.41. The van der Waals surface area contributed by atoms with Gasteiger partial charge in [0.15, 0.2) is 0 Å². The topological polar surface area (TPSA) is 105 Å². The molecule has 1 rings (SSSR count). The van der Waals surface area contributed by atoms with Crippen molar-refractivity contribution < 1.29 is 27.4 Å². The molecule has 0 saturated carbocycles. The van der Waals surface area contributed by atoms with Crippen molar-refractivity contribution in [2.45, 2.75) is 32.6 Å². The summed E-state index contributed by atoms with van der Waals surface area (Å²) in [7, 11) is -4.34. The molecule has 0 unspecified atom stereocenters. The fraction of sp³-hybridized carbons (Fsp3) is 0.533. The summed E-state index contributed by atoms with van der Waals surface area (Å²) in [5.74, 6) is -1.78. The third-order valence-electron chi connectivity index (χ3n) is 2.76. The van der Waals surface area contributed by atoms with E-state index in [1.165, 1.54) is 0 Å². The lowest BCUT2D eigenvalue weighted by molar-refractivity contribution is -0.117. The molecule has 0 aliphatic heterocycles. The van der Waals surface area contributed by atoms with Crippen molar-refractivity contribution in [2.75, 3.05) is 25.1 Å². The van der Waals surface area contributed by atoms with Crippen LogP contribution < -0.4 is 14.8 Å². The van der Waals surface area contributed by atoms with Gasteiger partial charge in [-0.05, 0) is 5.41 Å². The molecule has 0 fully saturated rings. The minimum Gasteiger partial charge on any atom is -0.489 e. The Bertz CT molecular complexity index is 699. The Kier molecular flexibility index (Phi) is 6.56. The van der Waals surface area contributed by atoms with E-state index in [1.54, 1.807) is 4.72 Å². The van der Waals surface area contributed by atoms with Crippen LogP contribution in [0.15, 0.2) is 17.0 Å². The van der Waals surface area contributed by atoms with Crippen LogP contribution in [0, 0.1) is 11.2 Å². The van der Waals surface area contributed by atoms with Crippen molar-refractivity contribution in [3.8, 4) is 5.75 Å². The highest BCUT2D eigenvalue weighted by molar-refractivity contribution is 7.90. The van der Waals surface area contributed by atoms with Gasteiger partial charge in [-0.15, -0.1) is 0 Å². The zero-order valence-electron chi connectivity index (χ0n) is 14.1. The maximum Gasteiger partial charge on any atom is 0.267 e. The lowest BCUT2D eigenvalue weighted by Gasteiger charge is -2.22.